The van der Waals surface area contributed by atoms with Crippen LogP contribution in [0, 0.1) is 0 Å². The van der Waals surface area contributed by atoms with Gasteiger partial charge >= 0.3 is 5.97 Å². The summed E-state index contributed by atoms with van der Waals surface area (Å²) in [6, 6.07) is 13.4. The number of fused-ring (bicyclic) bond motifs is 1. The molecule has 26 heavy (non-hydrogen) atoms. The van der Waals surface area contributed by atoms with Gasteiger partial charge in [0.05, 0.1) is 0 Å². The number of nitrogens with one attached hydrogen (secondary N) is 1. The highest BCUT2D eigenvalue weighted by Crippen LogP contribution is 2.31. The van der Waals surface area contributed by atoms with Crippen LogP contribution < -0.4 is 14.8 Å². The van der Waals surface area contributed by atoms with E-state index in [0.717, 1.165) is 0 Å². The Kier molecular flexibility index (Phi) is 5.17. The third-order valence-corrected chi connectivity index (χ3v) is 3.69. The molecule has 0 fully saturated rings. The third kappa shape index (κ3) is 4.18. The molecule has 1 aliphatic heterocycles. The molecule has 0 spiro atoms. The second-order valence-corrected chi connectivity index (χ2v) is 5.65. The third-order valence-electron chi connectivity index (χ3n) is 3.69. The average molecular weight is 355 g/mol. The second kappa shape index (κ2) is 7.69. The van der Waals surface area contributed by atoms with Crippen LogP contribution in [0.2, 0.25) is 0 Å². The second-order valence-electron chi connectivity index (χ2n) is 5.65. The van der Waals surface area contributed by atoms with Gasteiger partial charge in [0.2, 0.25) is 6.10 Å². The molecule has 7 heteroatoms. The highest BCUT2D eigenvalue weighted by Gasteiger charge is 2.29. The quantitative estimate of drug-likeness (QED) is 0.653. The van der Waals surface area contributed by atoms with Gasteiger partial charge < -0.3 is 19.5 Å². The number of rotatable bonds is 5. The van der Waals surface area contributed by atoms with Crippen LogP contribution in [-0.2, 0) is 14.3 Å². The van der Waals surface area contributed by atoms with E-state index in [2.05, 4.69) is 5.32 Å². The molecule has 2 aromatic carbocycles. The number of hydrogen-bond donors (Lipinski definition) is 1. The maximum absolute atomic E-state index is 12.0. The minimum Gasteiger partial charge on any atom is -0.485 e. The topological polar surface area (TPSA) is 90.9 Å². The van der Waals surface area contributed by atoms with Gasteiger partial charge in [0.25, 0.3) is 5.91 Å². The Labute approximate surface area is 149 Å². The number of amides is 1. The fraction of sp³-hybridized carbons (Fsp3) is 0.211. The average Bonchev–Trinajstić information content (AvgIpc) is 2.66. The van der Waals surface area contributed by atoms with E-state index < -0.39 is 24.6 Å². The van der Waals surface area contributed by atoms with Crippen molar-refractivity contribution >= 4 is 23.3 Å². The molecule has 1 N–H and O–H groups in total. The van der Waals surface area contributed by atoms with Gasteiger partial charge in [0.1, 0.15) is 6.61 Å². The van der Waals surface area contributed by atoms with Crippen molar-refractivity contribution in [2.75, 3.05) is 18.5 Å². The van der Waals surface area contributed by atoms with Crippen molar-refractivity contribution in [3.63, 3.8) is 0 Å². The highest BCUT2D eigenvalue weighted by molar-refractivity contribution is 5.96. The van der Waals surface area contributed by atoms with Crippen LogP contribution in [0.5, 0.6) is 11.5 Å². The fourth-order valence-electron chi connectivity index (χ4n) is 2.35. The molecule has 7 nitrogen and oxygen atoms in total. The van der Waals surface area contributed by atoms with Crippen molar-refractivity contribution < 1.29 is 28.6 Å². The highest BCUT2D eigenvalue weighted by atomic mass is 16.6. The standard InChI is InChI=1S/C19H17NO6/c1-12(21)13-6-8-14(9-7-13)20-18(22)11-25-19(23)17-10-24-15-4-2-3-5-16(15)26-17/h2-9,17H,10-11H2,1H3,(H,20,22)/t17-/m1/s1. The van der Waals surface area contributed by atoms with Crippen LogP contribution in [0.15, 0.2) is 48.5 Å². The van der Waals surface area contributed by atoms with E-state index in [0.29, 0.717) is 22.7 Å². The van der Waals surface area contributed by atoms with Gasteiger partial charge in [0.15, 0.2) is 23.9 Å². The van der Waals surface area contributed by atoms with Crippen LogP contribution in [0.4, 0.5) is 5.69 Å². The summed E-state index contributed by atoms with van der Waals surface area (Å²) in [6.07, 6.45) is -0.924. The number of carbonyl (C=O) groups is 3. The number of ketones is 1. The Morgan fingerprint density at radius 3 is 2.46 bits per heavy atom. The first-order valence-electron chi connectivity index (χ1n) is 7.99. The lowest BCUT2D eigenvalue weighted by atomic mass is 10.1. The summed E-state index contributed by atoms with van der Waals surface area (Å²) < 4.78 is 15.9. The fourth-order valence-corrected chi connectivity index (χ4v) is 2.35. The van der Waals surface area contributed by atoms with Gasteiger partial charge in [-0.15, -0.1) is 0 Å². The van der Waals surface area contributed by atoms with Crippen LogP contribution in [0.3, 0.4) is 0 Å². The molecule has 3 rings (SSSR count). The van der Waals surface area contributed by atoms with Crippen molar-refractivity contribution in [2.45, 2.75) is 13.0 Å². The number of esters is 1. The van der Waals surface area contributed by atoms with Gasteiger partial charge in [-0.2, -0.15) is 0 Å². The van der Waals surface area contributed by atoms with Crippen LogP contribution >= 0.6 is 0 Å². The van der Waals surface area contributed by atoms with E-state index >= 15 is 0 Å². The Morgan fingerprint density at radius 1 is 1.08 bits per heavy atom. The predicted octanol–water partition coefficient (Wildman–Crippen LogP) is 2.21. The lowest BCUT2D eigenvalue weighted by molar-refractivity contribution is -0.156. The summed E-state index contributed by atoms with van der Waals surface area (Å²) in [5.74, 6) is -0.222. The molecule has 1 heterocycles. The maximum Gasteiger partial charge on any atom is 0.351 e. The van der Waals surface area contributed by atoms with E-state index in [-0.39, 0.29) is 12.4 Å². The van der Waals surface area contributed by atoms with Crippen molar-refractivity contribution in [2.24, 2.45) is 0 Å². The predicted molar refractivity (Wildman–Crippen MR) is 92.4 cm³/mol. The number of carbonyl (C=O) groups excluding carboxylic acids is 3. The normalized spacial score (nSPS) is 15.0. The largest absolute Gasteiger partial charge is 0.485 e. The van der Waals surface area contributed by atoms with E-state index in [1.54, 1.807) is 48.5 Å². The van der Waals surface area contributed by atoms with E-state index in [4.69, 9.17) is 14.2 Å². The number of Topliss-reactive ketones (excluding diaryl/α,β-unsaturated/α-hetero) is 1. The van der Waals surface area contributed by atoms with Gasteiger partial charge in [-0.25, -0.2) is 4.79 Å². The van der Waals surface area contributed by atoms with E-state index in [9.17, 15) is 14.4 Å². The molecule has 0 unspecified atom stereocenters. The molecule has 0 aliphatic carbocycles. The molecular formula is C19H17NO6. The van der Waals surface area contributed by atoms with Crippen LogP contribution in [0.1, 0.15) is 17.3 Å². The summed E-state index contributed by atoms with van der Waals surface area (Å²) in [7, 11) is 0. The van der Waals surface area contributed by atoms with Crippen LogP contribution in [-0.4, -0.2) is 37.0 Å². The molecule has 0 saturated carbocycles. The molecular weight excluding hydrogens is 338 g/mol. The number of benzene rings is 2. The molecule has 2 aromatic rings. The van der Waals surface area contributed by atoms with E-state index in [1.807, 2.05) is 0 Å². The smallest absolute Gasteiger partial charge is 0.351 e. The zero-order valence-corrected chi connectivity index (χ0v) is 14.1. The lowest BCUT2D eigenvalue weighted by Crippen LogP contribution is -2.39. The zero-order chi connectivity index (χ0) is 18.5. The Balaban J connectivity index is 1.48. The first-order valence-corrected chi connectivity index (χ1v) is 7.99. The van der Waals surface area contributed by atoms with Gasteiger partial charge in [0, 0.05) is 11.3 Å². The summed E-state index contributed by atoms with van der Waals surface area (Å²) >= 11 is 0. The maximum atomic E-state index is 12.0. The Hall–Kier alpha value is -3.35. The first kappa shape index (κ1) is 17.5. The molecule has 0 radical (unpaired) electrons. The van der Waals surface area contributed by atoms with Gasteiger partial charge in [-0.3, -0.25) is 9.59 Å². The Bertz CT molecular complexity index is 830. The molecule has 1 amide bonds. The monoisotopic (exact) mass is 355 g/mol. The van der Waals surface area contributed by atoms with Crippen molar-refractivity contribution in [1.29, 1.82) is 0 Å². The van der Waals surface area contributed by atoms with Crippen molar-refractivity contribution in [1.82, 2.24) is 0 Å². The zero-order valence-electron chi connectivity index (χ0n) is 14.1. The van der Waals surface area contributed by atoms with Gasteiger partial charge in [-0.05, 0) is 43.3 Å². The first-order chi connectivity index (χ1) is 12.5. The molecule has 134 valence electrons. The Morgan fingerprint density at radius 2 is 1.77 bits per heavy atom. The van der Waals surface area contributed by atoms with E-state index in [1.165, 1.54) is 6.92 Å². The minimum absolute atomic E-state index is 0.0178. The number of para-hydroxylation sites is 2. The molecule has 0 bridgehead atoms. The number of ether oxygens (including phenoxy) is 3. The summed E-state index contributed by atoms with van der Waals surface area (Å²) in [5, 5.41) is 2.58. The summed E-state index contributed by atoms with van der Waals surface area (Å²) in [5.41, 5.74) is 1.05. The summed E-state index contributed by atoms with van der Waals surface area (Å²) in [4.78, 5) is 35.1. The molecule has 0 saturated heterocycles. The minimum atomic E-state index is -0.924. The summed E-state index contributed by atoms with van der Waals surface area (Å²) in [6.45, 7) is 1.03. The van der Waals surface area contributed by atoms with Crippen molar-refractivity contribution in [3.8, 4) is 11.5 Å². The van der Waals surface area contributed by atoms with Crippen molar-refractivity contribution in [3.05, 3.63) is 54.1 Å². The SMILES string of the molecule is CC(=O)c1ccc(NC(=O)COC(=O)[C@H]2COc3ccccc3O2)cc1. The number of anilines is 1. The molecule has 1 aliphatic rings. The molecule has 1 atom stereocenters. The van der Waals surface area contributed by atoms with Crippen LogP contribution in [0.25, 0.3) is 0 Å². The lowest BCUT2D eigenvalue weighted by Gasteiger charge is -2.24. The van der Waals surface area contributed by atoms with Gasteiger partial charge in [-0.1, -0.05) is 12.1 Å². The number of hydrogen-bond acceptors (Lipinski definition) is 6. The molecule has 0 aromatic heterocycles.